The summed E-state index contributed by atoms with van der Waals surface area (Å²) in [7, 11) is 0. The number of hydrogen-bond donors (Lipinski definition) is 1. The molecule has 1 aromatic rings. The predicted octanol–water partition coefficient (Wildman–Crippen LogP) is 0.549. The Balaban J connectivity index is 1.70. The lowest BCUT2D eigenvalue weighted by atomic mass is 9.94. The van der Waals surface area contributed by atoms with Crippen LogP contribution < -0.4 is 5.56 Å². The molecule has 3 heterocycles. The van der Waals surface area contributed by atoms with Crippen molar-refractivity contribution in [1.29, 1.82) is 0 Å². The molecule has 1 fully saturated rings. The van der Waals surface area contributed by atoms with E-state index in [0.717, 1.165) is 5.69 Å². The first kappa shape index (κ1) is 16.7. The van der Waals surface area contributed by atoms with Crippen LogP contribution in [0.5, 0.6) is 0 Å². The molecule has 7 heteroatoms. The summed E-state index contributed by atoms with van der Waals surface area (Å²) >= 11 is 0. The van der Waals surface area contributed by atoms with E-state index in [1.54, 1.807) is 4.90 Å². The van der Waals surface area contributed by atoms with Crippen molar-refractivity contribution in [2.45, 2.75) is 39.7 Å². The van der Waals surface area contributed by atoms with E-state index < -0.39 is 0 Å². The summed E-state index contributed by atoms with van der Waals surface area (Å²) in [5.41, 5.74) is 1.20. The van der Waals surface area contributed by atoms with Gasteiger partial charge < -0.3 is 14.8 Å². The third kappa shape index (κ3) is 3.34. The number of aromatic amines is 1. The Kier molecular flexibility index (Phi) is 4.69. The predicted molar refractivity (Wildman–Crippen MR) is 88.1 cm³/mol. The number of piperidine rings is 1. The molecule has 3 rings (SSSR count). The van der Waals surface area contributed by atoms with Crippen LogP contribution in [-0.2, 0) is 22.6 Å². The fourth-order valence-electron chi connectivity index (χ4n) is 3.53. The number of fused-ring (bicyclic) bond motifs is 1. The maximum atomic E-state index is 12.9. The number of nitrogens with zero attached hydrogens (tertiary/aromatic N) is 3. The molecular formula is C17H24N4O3. The number of likely N-dealkylation sites (tertiary alicyclic amines) is 1. The monoisotopic (exact) mass is 332 g/mol. The number of rotatable bonds is 3. The van der Waals surface area contributed by atoms with Gasteiger partial charge in [-0.25, -0.2) is 4.98 Å². The second-order valence-electron chi connectivity index (χ2n) is 7.09. The summed E-state index contributed by atoms with van der Waals surface area (Å²) in [5.74, 6) is 0.399. The van der Waals surface area contributed by atoms with Crippen LogP contribution in [-0.4, -0.2) is 51.2 Å². The van der Waals surface area contributed by atoms with Gasteiger partial charge in [-0.3, -0.25) is 14.4 Å². The van der Waals surface area contributed by atoms with Gasteiger partial charge in [0.2, 0.25) is 11.8 Å². The molecule has 0 saturated carbocycles. The van der Waals surface area contributed by atoms with Gasteiger partial charge in [0.15, 0.2) is 0 Å². The third-order valence-corrected chi connectivity index (χ3v) is 4.75. The SMILES string of the molecule is CC(C)CN1C[C@H](C(=O)N2CCc3nc[nH]c(=O)c3C2)CCC1=O. The molecule has 1 saturated heterocycles. The topological polar surface area (TPSA) is 86.4 Å². The zero-order valence-electron chi connectivity index (χ0n) is 14.2. The Bertz CT molecular complexity index is 697. The Morgan fingerprint density at radius 1 is 1.38 bits per heavy atom. The fraction of sp³-hybridized carbons (Fsp3) is 0.647. The molecule has 1 N–H and O–H groups in total. The van der Waals surface area contributed by atoms with Crippen molar-refractivity contribution < 1.29 is 9.59 Å². The number of aromatic nitrogens is 2. The van der Waals surface area contributed by atoms with Gasteiger partial charge in [-0.05, 0) is 12.3 Å². The van der Waals surface area contributed by atoms with E-state index in [2.05, 4.69) is 23.8 Å². The molecule has 0 aliphatic carbocycles. The molecule has 1 aromatic heterocycles. The lowest BCUT2D eigenvalue weighted by Crippen LogP contribution is -2.49. The van der Waals surface area contributed by atoms with Crippen LogP contribution in [0, 0.1) is 11.8 Å². The highest BCUT2D eigenvalue weighted by molar-refractivity contribution is 5.84. The summed E-state index contributed by atoms with van der Waals surface area (Å²) < 4.78 is 0. The summed E-state index contributed by atoms with van der Waals surface area (Å²) in [6, 6.07) is 0. The minimum Gasteiger partial charge on any atom is -0.342 e. The van der Waals surface area contributed by atoms with Crippen molar-refractivity contribution in [3.63, 3.8) is 0 Å². The first-order chi connectivity index (χ1) is 11.5. The van der Waals surface area contributed by atoms with Gasteiger partial charge in [-0.2, -0.15) is 0 Å². The second-order valence-corrected chi connectivity index (χ2v) is 7.09. The van der Waals surface area contributed by atoms with Crippen LogP contribution in [0.3, 0.4) is 0 Å². The first-order valence-corrected chi connectivity index (χ1v) is 8.57. The van der Waals surface area contributed by atoms with E-state index in [1.165, 1.54) is 6.33 Å². The Labute approximate surface area is 141 Å². The van der Waals surface area contributed by atoms with E-state index in [9.17, 15) is 14.4 Å². The van der Waals surface area contributed by atoms with Crippen LogP contribution in [0.1, 0.15) is 37.9 Å². The minimum atomic E-state index is -0.169. The van der Waals surface area contributed by atoms with Gasteiger partial charge in [-0.15, -0.1) is 0 Å². The van der Waals surface area contributed by atoms with Crippen LogP contribution in [0.25, 0.3) is 0 Å². The molecule has 0 bridgehead atoms. The number of nitrogens with one attached hydrogen (secondary N) is 1. The van der Waals surface area contributed by atoms with E-state index in [-0.39, 0.29) is 23.3 Å². The molecule has 2 aliphatic heterocycles. The molecule has 0 unspecified atom stereocenters. The highest BCUT2D eigenvalue weighted by atomic mass is 16.2. The van der Waals surface area contributed by atoms with Crippen molar-refractivity contribution in [3.05, 3.63) is 27.9 Å². The molecule has 2 aliphatic rings. The van der Waals surface area contributed by atoms with Crippen molar-refractivity contribution in [3.8, 4) is 0 Å². The largest absolute Gasteiger partial charge is 0.342 e. The molecule has 1 atom stereocenters. The molecule has 0 spiro atoms. The second kappa shape index (κ2) is 6.75. The van der Waals surface area contributed by atoms with E-state index in [4.69, 9.17) is 0 Å². The summed E-state index contributed by atoms with van der Waals surface area (Å²) in [6.07, 6.45) is 3.04. The molecule has 0 radical (unpaired) electrons. The van der Waals surface area contributed by atoms with Crippen molar-refractivity contribution in [1.82, 2.24) is 19.8 Å². The third-order valence-electron chi connectivity index (χ3n) is 4.75. The molecule has 130 valence electrons. The summed E-state index contributed by atoms with van der Waals surface area (Å²) in [4.78, 5) is 47.2. The van der Waals surface area contributed by atoms with Crippen LogP contribution in [0.4, 0.5) is 0 Å². The molecular weight excluding hydrogens is 308 g/mol. The highest BCUT2D eigenvalue weighted by Gasteiger charge is 2.34. The van der Waals surface area contributed by atoms with Gasteiger partial charge >= 0.3 is 0 Å². The first-order valence-electron chi connectivity index (χ1n) is 8.57. The number of hydrogen-bond acceptors (Lipinski definition) is 4. The van der Waals surface area contributed by atoms with Gasteiger partial charge in [0.25, 0.3) is 5.56 Å². The molecule has 2 amide bonds. The smallest absolute Gasteiger partial charge is 0.255 e. The average Bonchev–Trinajstić information content (AvgIpc) is 2.56. The van der Waals surface area contributed by atoms with E-state index in [1.807, 2.05) is 4.90 Å². The summed E-state index contributed by atoms with van der Waals surface area (Å²) in [6.45, 7) is 6.21. The van der Waals surface area contributed by atoms with Crippen molar-refractivity contribution >= 4 is 11.8 Å². The Morgan fingerprint density at radius 3 is 2.92 bits per heavy atom. The quantitative estimate of drug-likeness (QED) is 0.876. The van der Waals surface area contributed by atoms with Gasteiger partial charge in [0.05, 0.1) is 30.0 Å². The maximum absolute atomic E-state index is 12.9. The van der Waals surface area contributed by atoms with Crippen LogP contribution in [0.15, 0.2) is 11.1 Å². The van der Waals surface area contributed by atoms with Gasteiger partial charge in [-0.1, -0.05) is 13.8 Å². The molecule has 0 aromatic carbocycles. The van der Waals surface area contributed by atoms with Crippen molar-refractivity contribution in [2.24, 2.45) is 11.8 Å². The Hall–Kier alpha value is -2.18. The van der Waals surface area contributed by atoms with E-state index >= 15 is 0 Å². The molecule has 24 heavy (non-hydrogen) atoms. The minimum absolute atomic E-state index is 0.0464. The van der Waals surface area contributed by atoms with Crippen LogP contribution >= 0.6 is 0 Å². The zero-order chi connectivity index (χ0) is 17.3. The normalized spacial score (nSPS) is 21.1. The number of amides is 2. The standard InChI is InChI=1S/C17H24N4O3/c1-11(2)7-21-8-12(3-4-15(21)22)17(24)20-6-5-14-13(9-20)16(23)19-10-18-14/h10-12H,3-9H2,1-2H3,(H,18,19,23)/t12-/m1/s1. The number of carbonyl (C=O) groups is 2. The Morgan fingerprint density at radius 2 is 2.17 bits per heavy atom. The lowest BCUT2D eigenvalue weighted by molar-refractivity contribution is -0.144. The average molecular weight is 332 g/mol. The summed E-state index contributed by atoms with van der Waals surface area (Å²) in [5, 5.41) is 0. The number of carbonyl (C=O) groups excluding carboxylic acids is 2. The molecule has 7 nitrogen and oxygen atoms in total. The van der Waals surface area contributed by atoms with Gasteiger partial charge in [0, 0.05) is 32.5 Å². The van der Waals surface area contributed by atoms with Gasteiger partial charge in [0.1, 0.15) is 0 Å². The highest BCUT2D eigenvalue weighted by Crippen LogP contribution is 2.23. The fourth-order valence-corrected chi connectivity index (χ4v) is 3.53. The number of H-pyrrole nitrogens is 1. The maximum Gasteiger partial charge on any atom is 0.255 e. The lowest BCUT2D eigenvalue weighted by Gasteiger charge is -2.36. The zero-order valence-corrected chi connectivity index (χ0v) is 14.2. The van der Waals surface area contributed by atoms with E-state index in [0.29, 0.717) is 56.9 Å². The van der Waals surface area contributed by atoms with Crippen molar-refractivity contribution in [2.75, 3.05) is 19.6 Å². The van der Waals surface area contributed by atoms with Crippen LogP contribution in [0.2, 0.25) is 0 Å².